The van der Waals surface area contributed by atoms with Crippen molar-refractivity contribution in [1.82, 2.24) is 15.3 Å². The Labute approximate surface area is 157 Å². The molecule has 0 aliphatic heterocycles. The van der Waals surface area contributed by atoms with E-state index in [0.29, 0.717) is 23.8 Å². The molecule has 0 aliphatic rings. The van der Waals surface area contributed by atoms with Gasteiger partial charge < -0.3 is 10.1 Å². The van der Waals surface area contributed by atoms with Crippen LogP contribution in [0.25, 0.3) is 0 Å². The molecular weight excluding hydrogens is 346 g/mol. The minimum absolute atomic E-state index is 0.0688. The number of nitrogens with one attached hydrogen (secondary N) is 1. The highest BCUT2D eigenvalue weighted by Crippen LogP contribution is 2.20. The summed E-state index contributed by atoms with van der Waals surface area (Å²) in [7, 11) is 0. The SMILES string of the molecule is Cc1nc(COc2cccnc2)sc1C(=O)NCCCc1ccccc1. The molecule has 0 aliphatic carbocycles. The van der Waals surface area contributed by atoms with E-state index in [-0.39, 0.29) is 5.91 Å². The van der Waals surface area contributed by atoms with Crippen molar-refractivity contribution in [3.8, 4) is 5.75 Å². The smallest absolute Gasteiger partial charge is 0.263 e. The first-order chi connectivity index (χ1) is 12.7. The van der Waals surface area contributed by atoms with Gasteiger partial charge in [-0.25, -0.2) is 4.98 Å². The molecule has 0 saturated carbocycles. The predicted molar refractivity (Wildman–Crippen MR) is 103 cm³/mol. The lowest BCUT2D eigenvalue weighted by Gasteiger charge is -2.04. The number of rotatable bonds is 8. The molecule has 0 fully saturated rings. The third-order valence-corrected chi connectivity index (χ3v) is 4.94. The normalized spacial score (nSPS) is 10.5. The van der Waals surface area contributed by atoms with Crippen LogP contribution in [0.4, 0.5) is 0 Å². The topological polar surface area (TPSA) is 64.1 Å². The van der Waals surface area contributed by atoms with E-state index in [0.717, 1.165) is 23.5 Å². The number of carbonyl (C=O) groups excluding carboxylic acids is 1. The summed E-state index contributed by atoms with van der Waals surface area (Å²) in [6.45, 7) is 2.83. The van der Waals surface area contributed by atoms with Gasteiger partial charge in [-0.1, -0.05) is 30.3 Å². The van der Waals surface area contributed by atoms with Crippen molar-refractivity contribution in [2.45, 2.75) is 26.4 Å². The number of ether oxygens (including phenoxy) is 1. The zero-order chi connectivity index (χ0) is 18.2. The summed E-state index contributed by atoms with van der Waals surface area (Å²) in [5.74, 6) is 0.618. The largest absolute Gasteiger partial charge is 0.485 e. The Hall–Kier alpha value is -2.73. The number of hydrogen-bond acceptors (Lipinski definition) is 5. The molecule has 5 nitrogen and oxygen atoms in total. The van der Waals surface area contributed by atoms with E-state index in [1.807, 2.05) is 37.3 Å². The van der Waals surface area contributed by atoms with Gasteiger partial charge >= 0.3 is 0 Å². The van der Waals surface area contributed by atoms with Gasteiger partial charge in [-0.3, -0.25) is 9.78 Å². The van der Waals surface area contributed by atoms with Crippen molar-refractivity contribution in [3.05, 3.63) is 76.0 Å². The molecule has 0 spiro atoms. The molecule has 0 atom stereocenters. The van der Waals surface area contributed by atoms with Crippen molar-refractivity contribution in [2.24, 2.45) is 0 Å². The van der Waals surface area contributed by atoms with E-state index < -0.39 is 0 Å². The molecule has 3 rings (SSSR count). The number of nitrogens with zero attached hydrogens (tertiary/aromatic N) is 2. The van der Waals surface area contributed by atoms with Crippen LogP contribution in [0.5, 0.6) is 5.75 Å². The maximum absolute atomic E-state index is 12.4. The average molecular weight is 367 g/mol. The molecule has 134 valence electrons. The lowest BCUT2D eigenvalue weighted by Crippen LogP contribution is -2.24. The summed E-state index contributed by atoms with van der Waals surface area (Å²) >= 11 is 1.37. The fraction of sp³-hybridized carbons (Fsp3) is 0.250. The Bertz CT molecular complexity index is 835. The molecule has 0 radical (unpaired) electrons. The number of aryl methyl sites for hydroxylation is 2. The molecule has 0 bridgehead atoms. The lowest BCUT2D eigenvalue weighted by molar-refractivity contribution is 0.0956. The summed E-state index contributed by atoms with van der Waals surface area (Å²) in [6.07, 6.45) is 5.21. The van der Waals surface area contributed by atoms with Gasteiger partial charge in [0.25, 0.3) is 5.91 Å². The fourth-order valence-corrected chi connectivity index (χ4v) is 3.42. The van der Waals surface area contributed by atoms with Gasteiger partial charge in [0.05, 0.1) is 11.9 Å². The van der Waals surface area contributed by atoms with E-state index in [1.54, 1.807) is 12.4 Å². The predicted octanol–water partition coefficient (Wildman–Crippen LogP) is 3.79. The number of amides is 1. The molecule has 2 aromatic heterocycles. The minimum atomic E-state index is -0.0688. The molecule has 1 amide bonds. The number of aromatic nitrogens is 2. The molecule has 1 aromatic carbocycles. The molecular formula is C20H21N3O2S. The lowest BCUT2D eigenvalue weighted by atomic mass is 10.1. The van der Waals surface area contributed by atoms with Gasteiger partial charge in [0.2, 0.25) is 0 Å². The van der Waals surface area contributed by atoms with Gasteiger partial charge in [-0.15, -0.1) is 11.3 Å². The van der Waals surface area contributed by atoms with E-state index >= 15 is 0 Å². The van der Waals surface area contributed by atoms with Crippen LogP contribution in [0, 0.1) is 6.92 Å². The monoisotopic (exact) mass is 367 g/mol. The molecule has 0 unspecified atom stereocenters. The van der Waals surface area contributed by atoms with Crippen LogP contribution >= 0.6 is 11.3 Å². The highest BCUT2D eigenvalue weighted by Gasteiger charge is 2.15. The quantitative estimate of drug-likeness (QED) is 0.615. The second-order valence-electron chi connectivity index (χ2n) is 5.84. The van der Waals surface area contributed by atoms with E-state index in [4.69, 9.17) is 4.74 Å². The number of hydrogen-bond donors (Lipinski definition) is 1. The van der Waals surface area contributed by atoms with Crippen LogP contribution in [-0.4, -0.2) is 22.4 Å². The molecule has 0 saturated heterocycles. The van der Waals surface area contributed by atoms with E-state index in [2.05, 4.69) is 27.4 Å². The molecule has 26 heavy (non-hydrogen) atoms. The van der Waals surface area contributed by atoms with Gasteiger partial charge in [0.15, 0.2) is 0 Å². The first kappa shape index (κ1) is 18.1. The zero-order valence-electron chi connectivity index (χ0n) is 14.6. The second kappa shape index (κ2) is 9.10. The Morgan fingerprint density at radius 1 is 1.19 bits per heavy atom. The van der Waals surface area contributed by atoms with Crippen LogP contribution in [0.2, 0.25) is 0 Å². The van der Waals surface area contributed by atoms with Crippen LogP contribution in [0.15, 0.2) is 54.9 Å². The van der Waals surface area contributed by atoms with Crippen LogP contribution < -0.4 is 10.1 Å². The third kappa shape index (κ3) is 5.13. The molecule has 3 aromatic rings. The Morgan fingerprint density at radius 3 is 2.81 bits per heavy atom. The van der Waals surface area contributed by atoms with Crippen LogP contribution in [0.1, 0.15) is 32.4 Å². The third-order valence-electron chi connectivity index (χ3n) is 3.81. The summed E-state index contributed by atoms with van der Waals surface area (Å²) in [5, 5.41) is 3.76. The first-order valence-corrected chi connectivity index (χ1v) is 9.35. The summed E-state index contributed by atoms with van der Waals surface area (Å²) in [5.41, 5.74) is 2.02. The minimum Gasteiger partial charge on any atom is -0.485 e. The summed E-state index contributed by atoms with van der Waals surface area (Å²) < 4.78 is 5.64. The maximum atomic E-state index is 12.4. The van der Waals surface area contributed by atoms with Crippen molar-refractivity contribution in [1.29, 1.82) is 0 Å². The zero-order valence-corrected chi connectivity index (χ0v) is 15.5. The number of benzene rings is 1. The Balaban J connectivity index is 1.47. The van der Waals surface area contributed by atoms with Crippen LogP contribution in [-0.2, 0) is 13.0 Å². The highest BCUT2D eigenvalue weighted by atomic mass is 32.1. The van der Waals surface area contributed by atoms with E-state index in [1.165, 1.54) is 16.9 Å². The second-order valence-corrected chi connectivity index (χ2v) is 6.93. The van der Waals surface area contributed by atoms with E-state index in [9.17, 15) is 4.79 Å². The van der Waals surface area contributed by atoms with Gasteiger partial charge in [-0.05, 0) is 37.5 Å². The Kier molecular flexibility index (Phi) is 6.33. The summed E-state index contributed by atoms with van der Waals surface area (Å²) in [4.78, 5) is 21.5. The van der Waals surface area contributed by atoms with Gasteiger partial charge in [0.1, 0.15) is 22.2 Å². The number of thiazole rings is 1. The van der Waals surface area contributed by atoms with Crippen molar-refractivity contribution in [2.75, 3.05) is 6.54 Å². The van der Waals surface area contributed by atoms with Crippen molar-refractivity contribution in [3.63, 3.8) is 0 Å². The number of carbonyl (C=O) groups is 1. The van der Waals surface area contributed by atoms with Crippen molar-refractivity contribution < 1.29 is 9.53 Å². The Morgan fingerprint density at radius 2 is 2.04 bits per heavy atom. The summed E-state index contributed by atoms with van der Waals surface area (Å²) in [6, 6.07) is 13.9. The molecule has 2 heterocycles. The van der Waals surface area contributed by atoms with Crippen LogP contribution in [0.3, 0.4) is 0 Å². The molecule has 6 heteroatoms. The van der Waals surface area contributed by atoms with Gasteiger partial charge in [-0.2, -0.15) is 0 Å². The average Bonchev–Trinajstić information content (AvgIpc) is 3.06. The van der Waals surface area contributed by atoms with Crippen molar-refractivity contribution >= 4 is 17.2 Å². The number of pyridine rings is 1. The fourth-order valence-electron chi connectivity index (χ4n) is 2.52. The molecule has 1 N–H and O–H groups in total. The highest BCUT2D eigenvalue weighted by molar-refractivity contribution is 7.13. The standard InChI is InChI=1S/C20H21N3O2S/c1-15-19(20(24)22-12-5-9-16-7-3-2-4-8-16)26-18(23-15)14-25-17-10-6-11-21-13-17/h2-4,6-8,10-11,13H,5,9,12,14H2,1H3,(H,22,24). The first-order valence-electron chi connectivity index (χ1n) is 8.53. The maximum Gasteiger partial charge on any atom is 0.263 e. The van der Waals surface area contributed by atoms with Gasteiger partial charge in [0, 0.05) is 12.7 Å².